The smallest absolute Gasteiger partial charge is 0.404 e. The first-order chi connectivity index (χ1) is 8.01. The third kappa shape index (κ3) is 5.03. The van der Waals surface area contributed by atoms with E-state index >= 15 is 0 Å². The minimum Gasteiger partial charge on any atom is -0.465 e. The third-order valence-corrected chi connectivity index (χ3v) is 7.60. The van der Waals surface area contributed by atoms with Gasteiger partial charge >= 0.3 is 6.09 Å². The van der Waals surface area contributed by atoms with E-state index in [-0.39, 0.29) is 11.6 Å². The van der Waals surface area contributed by atoms with E-state index in [2.05, 4.69) is 5.32 Å². The fourth-order valence-corrected chi connectivity index (χ4v) is 2.25. The van der Waals surface area contributed by atoms with Gasteiger partial charge in [-0.2, -0.15) is 0 Å². The van der Waals surface area contributed by atoms with Gasteiger partial charge in [-0.3, -0.25) is 10.2 Å². The fourth-order valence-electron chi connectivity index (χ4n) is 0.993. The number of nitrogens with one attached hydrogen (secondary N) is 2. The predicted molar refractivity (Wildman–Crippen MR) is 70.4 cm³/mol. The van der Waals surface area contributed by atoms with Gasteiger partial charge in [-0.25, -0.2) is 10.6 Å². The van der Waals surface area contributed by atoms with Gasteiger partial charge in [0.25, 0.3) is 5.91 Å². The molecule has 7 nitrogen and oxygen atoms in total. The standard InChI is InChI=1S/C10H23N3O4Si/c1-10(2,3)18(4,5)17-7(8(14)13-11)6-12-9(15)16/h7,12H,6,11H2,1-5H3,(H,13,14)(H,15,16)/t7-/m1/s1. The topological polar surface area (TPSA) is 114 Å². The number of carbonyl (C=O) groups is 2. The van der Waals surface area contributed by atoms with Crippen LogP contribution in [0.4, 0.5) is 4.79 Å². The Balaban J connectivity index is 4.79. The van der Waals surface area contributed by atoms with Crippen LogP contribution in [0.25, 0.3) is 0 Å². The summed E-state index contributed by atoms with van der Waals surface area (Å²) in [6.07, 6.45) is -2.12. The molecule has 0 heterocycles. The van der Waals surface area contributed by atoms with E-state index in [1.165, 1.54) is 0 Å². The fraction of sp³-hybridized carbons (Fsp3) is 0.800. The number of hydrazine groups is 1. The lowest BCUT2D eigenvalue weighted by atomic mass is 10.2. The van der Waals surface area contributed by atoms with Crippen molar-refractivity contribution >= 4 is 20.3 Å². The molecule has 0 unspecified atom stereocenters. The van der Waals surface area contributed by atoms with Crippen molar-refractivity contribution in [3.8, 4) is 0 Å². The summed E-state index contributed by atoms with van der Waals surface area (Å²) in [5.41, 5.74) is 1.99. The lowest BCUT2D eigenvalue weighted by Crippen LogP contribution is -2.53. The second-order valence-electron chi connectivity index (χ2n) is 5.56. The molecule has 0 aliphatic rings. The highest BCUT2D eigenvalue weighted by atomic mass is 28.4. The largest absolute Gasteiger partial charge is 0.465 e. The Morgan fingerprint density at radius 1 is 1.39 bits per heavy atom. The maximum Gasteiger partial charge on any atom is 0.404 e. The molecule has 0 spiro atoms. The number of hydrogen-bond donors (Lipinski definition) is 4. The predicted octanol–water partition coefficient (Wildman–Crippen LogP) is 0.634. The molecule has 0 aromatic rings. The number of carbonyl (C=O) groups excluding carboxylic acids is 1. The van der Waals surface area contributed by atoms with Gasteiger partial charge in [0.05, 0.1) is 6.54 Å². The van der Waals surface area contributed by atoms with Crippen LogP contribution in [0, 0.1) is 0 Å². The Labute approximate surface area is 108 Å². The van der Waals surface area contributed by atoms with Crippen molar-refractivity contribution in [2.24, 2.45) is 5.84 Å². The molecule has 8 heteroatoms. The number of hydrogen-bond acceptors (Lipinski definition) is 4. The molecular formula is C10H23N3O4Si. The first-order valence-electron chi connectivity index (χ1n) is 5.66. The molecule has 0 aromatic heterocycles. The summed E-state index contributed by atoms with van der Waals surface area (Å²) in [6.45, 7) is 9.92. The normalized spacial score (nSPS) is 13.9. The first-order valence-corrected chi connectivity index (χ1v) is 8.57. The van der Waals surface area contributed by atoms with Gasteiger partial charge in [-0.15, -0.1) is 0 Å². The van der Waals surface area contributed by atoms with Crippen molar-refractivity contribution in [1.29, 1.82) is 0 Å². The average molecular weight is 277 g/mol. The van der Waals surface area contributed by atoms with E-state index in [9.17, 15) is 9.59 Å². The van der Waals surface area contributed by atoms with Crippen LogP contribution in [-0.2, 0) is 9.22 Å². The Hall–Kier alpha value is -1.12. The zero-order chi connectivity index (χ0) is 14.6. The van der Waals surface area contributed by atoms with Crippen molar-refractivity contribution in [3.63, 3.8) is 0 Å². The highest BCUT2D eigenvalue weighted by molar-refractivity contribution is 6.74. The Bertz CT molecular complexity index is 315. The lowest BCUT2D eigenvalue weighted by Gasteiger charge is -2.38. The molecule has 18 heavy (non-hydrogen) atoms. The minimum absolute atomic E-state index is 0.0800. The van der Waals surface area contributed by atoms with Crippen LogP contribution in [0.1, 0.15) is 20.8 Å². The quantitative estimate of drug-likeness (QED) is 0.255. The highest BCUT2D eigenvalue weighted by Crippen LogP contribution is 2.37. The molecule has 0 radical (unpaired) electrons. The van der Waals surface area contributed by atoms with Crippen molar-refractivity contribution < 1.29 is 19.1 Å². The van der Waals surface area contributed by atoms with E-state index in [4.69, 9.17) is 15.4 Å². The average Bonchev–Trinajstić information content (AvgIpc) is 2.21. The number of rotatable bonds is 5. The molecule has 0 aliphatic heterocycles. The van der Waals surface area contributed by atoms with Crippen LogP contribution in [-0.4, -0.2) is 38.1 Å². The molecule has 0 bridgehead atoms. The zero-order valence-corrected chi connectivity index (χ0v) is 12.5. The number of carboxylic acid groups (broad SMARTS) is 1. The summed E-state index contributed by atoms with van der Waals surface area (Å²) >= 11 is 0. The van der Waals surface area contributed by atoms with Gasteiger partial charge < -0.3 is 14.8 Å². The molecule has 106 valence electrons. The zero-order valence-electron chi connectivity index (χ0n) is 11.5. The van der Waals surface area contributed by atoms with E-state index in [1.54, 1.807) is 0 Å². The van der Waals surface area contributed by atoms with Gasteiger partial charge in [0.2, 0.25) is 0 Å². The molecule has 2 amide bonds. The second-order valence-corrected chi connectivity index (χ2v) is 10.3. The highest BCUT2D eigenvalue weighted by Gasteiger charge is 2.40. The Morgan fingerprint density at radius 2 is 1.89 bits per heavy atom. The molecule has 0 aliphatic carbocycles. The van der Waals surface area contributed by atoms with Crippen LogP contribution < -0.4 is 16.6 Å². The van der Waals surface area contributed by atoms with Gasteiger partial charge in [-0.1, -0.05) is 20.8 Å². The van der Waals surface area contributed by atoms with Crippen LogP contribution in [0.5, 0.6) is 0 Å². The maximum absolute atomic E-state index is 11.6. The lowest BCUT2D eigenvalue weighted by molar-refractivity contribution is -0.128. The van der Waals surface area contributed by atoms with Crippen LogP contribution in [0.3, 0.4) is 0 Å². The monoisotopic (exact) mass is 277 g/mol. The maximum atomic E-state index is 11.6. The van der Waals surface area contributed by atoms with E-state index in [1.807, 2.05) is 39.3 Å². The van der Waals surface area contributed by atoms with E-state index in [0.29, 0.717) is 0 Å². The molecule has 0 rings (SSSR count). The van der Waals surface area contributed by atoms with E-state index < -0.39 is 26.4 Å². The SMILES string of the molecule is CC(C)(C)[Si](C)(C)O[C@H](CNC(=O)O)C(=O)NN. The molecule has 1 atom stereocenters. The number of nitrogens with two attached hydrogens (primary N) is 1. The second kappa shape index (κ2) is 6.16. The minimum atomic E-state index is -2.17. The molecule has 0 aromatic carbocycles. The van der Waals surface area contributed by atoms with Crippen LogP contribution >= 0.6 is 0 Å². The van der Waals surface area contributed by atoms with Gasteiger partial charge in [0, 0.05) is 0 Å². The van der Waals surface area contributed by atoms with Crippen molar-refractivity contribution in [2.45, 2.75) is 45.0 Å². The first kappa shape index (κ1) is 16.9. The van der Waals surface area contributed by atoms with Gasteiger partial charge in [0.15, 0.2) is 8.32 Å². The number of amides is 2. The summed E-state index contributed by atoms with van der Waals surface area (Å²) in [4.78, 5) is 22.0. The van der Waals surface area contributed by atoms with Crippen LogP contribution in [0.2, 0.25) is 18.1 Å². The van der Waals surface area contributed by atoms with Crippen molar-refractivity contribution in [1.82, 2.24) is 10.7 Å². The molecule has 0 fully saturated rings. The third-order valence-electron chi connectivity index (χ3n) is 3.12. The molecule has 0 saturated heterocycles. The summed E-state index contributed by atoms with van der Waals surface area (Å²) in [5.74, 6) is 4.53. The van der Waals surface area contributed by atoms with Gasteiger partial charge in [-0.05, 0) is 18.1 Å². The summed E-state index contributed by atoms with van der Waals surface area (Å²) in [7, 11) is -2.17. The summed E-state index contributed by atoms with van der Waals surface area (Å²) in [5, 5.41) is 10.6. The Kier molecular flexibility index (Phi) is 5.78. The van der Waals surface area contributed by atoms with Crippen molar-refractivity contribution in [2.75, 3.05) is 6.54 Å². The van der Waals surface area contributed by atoms with Crippen molar-refractivity contribution in [3.05, 3.63) is 0 Å². The van der Waals surface area contributed by atoms with Gasteiger partial charge in [0.1, 0.15) is 6.10 Å². The molecular weight excluding hydrogens is 254 g/mol. The summed E-state index contributed by atoms with van der Waals surface area (Å²) in [6, 6.07) is 0. The summed E-state index contributed by atoms with van der Waals surface area (Å²) < 4.78 is 5.83. The Morgan fingerprint density at radius 3 is 2.22 bits per heavy atom. The van der Waals surface area contributed by atoms with E-state index in [0.717, 1.165) is 0 Å². The van der Waals surface area contributed by atoms with Crippen LogP contribution in [0.15, 0.2) is 0 Å². The molecule has 0 saturated carbocycles. The molecule has 5 N–H and O–H groups in total.